The van der Waals surface area contributed by atoms with E-state index in [4.69, 9.17) is 11.6 Å². The number of nitrogens with one attached hydrogen (secondary N) is 1. The molecule has 0 saturated heterocycles. The number of carbonyl (C=O) groups excluding carboxylic acids is 2. The van der Waals surface area contributed by atoms with Crippen LogP contribution in [0.15, 0.2) is 114 Å². The standard InChI is InChI=1S/C27H19BrClNO2/c28-22-16-17-24(23(18-22)25(31)19-10-4-1-5-11-19)30-26(32)27(29,20-12-6-2-7-13-20)21-14-8-3-9-15-21/h1-18H,(H,30,32). The molecule has 0 unspecified atom stereocenters. The van der Waals surface area contributed by atoms with E-state index in [0.29, 0.717) is 27.9 Å². The second-order valence-electron chi connectivity index (χ2n) is 7.23. The monoisotopic (exact) mass is 503 g/mol. The number of alkyl halides is 1. The SMILES string of the molecule is O=C(c1ccccc1)c1cc(Br)ccc1NC(=O)C(Cl)(c1ccccc1)c1ccccc1. The van der Waals surface area contributed by atoms with Crippen molar-refractivity contribution in [3.63, 3.8) is 0 Å². The van der Waals surface area contributed by atoms with E-state index in [2.05, 4.69) is 21.2 Å². The first kappa shape index (κ1) is 22.0. The smallest absolute Gasteiger partial charge is 0.254 e. The van der Waals surface area contributed by atoms with Gasteiger partial charge in [0.15, 0.2) is 10.7 Å². The Hall–Kier alpha value is -3.21. The number of halogens is 2. The summed E-state index contributed by atoms with van der Waals surface area (Å²) in [6.07, 6.45) is 0. The molecule has 0 aliphatic carbocycles. The van der Waals surface area contributed by atoms with Crippen molar-refractivity contribution in [1.29, 1.82) is 0 Å². The Morgan fingerprint density at radius 2 is 1.22 bits per heavy atom. The largest absolute Gasteiger partial charge is 0.323 e. The molecule has 4 rings (SSSR count). The number of anilines is 1. The van der Waals surface area contributed by atoms with Gasteiger partial charge in [-0.05, 0) is 29.3 Å². The fourth-order valence-corrected chi connectivity index (χ4v) is 4.19. The van der Waals surface area contributed by atoms with Crippen LogP contribution in [0.4, 0.5) is 5.69 Å². The van der Waals surface area contributed by atoms with E-state index in [-0.39, 0.29) is 5.78 Å². The molecular weight excluding hydrogens is 486 g/mol. The van der Waals surface area contributed by atoms with E-state index < -0.39 is 10.8 Å². The molecule has 0 aromatic heterocycles. The molecule has 0 spiro atoms. The number of benzene rings is 4. The Kier molecular flexibility index (Phi) is 6.54. The summed E-state index contributed by atoms with van der Waals surface area (Å²) in [5, 5.41) is 2.91. The zero-order valence-corrected chi connectivity index (χ0v) is 19.3. The molecule has 4 aromatic carbocycles. The van der Waals surface area contributed by atoms with Gasteiger partial charge in [-0.25, -0.2) is 0 Å². The van der Waals surface area contributed by atoms with Crippen molar-refractivity contribution in [3.05, 3.63) is 136 Å². The van der Waals surface area contributed by atoms with Crippen molar-refractivity contribution in [2.75, 3.05) is 5.32 Å². The maximum atomic E-state index is 13.7. The van der Waals surface area contributed by atoms with E-state index >= 15 is 0 Å². The maximum absolute atomic E-state index is 13.7. The molecule has 0 heterocycles. The number of ketones is 1. The summed E-state index contributed by atoms with van der Waals surface area (Å²) in [6, 6.07) is 32.5. The molecule has 5 heteroatoms. The molecule has 0 bridgehead atoms. The average Bonchev–Trinajstić information content (AvgIpc) is 2.85. The predicted molar refractivity (Wildman–Crippen MR) is 132 cm³/mol. The zero-order chi connectivity index (χ0) is 22.6. The van der Waals surface area contributed by atoms with Crippen LogP contribution in [0, 0.1) is 0 Å². The van der Waals surface area contributed by atoms with Gasteiger partial charge in [-0.3, -0.25) is 9.59 Å². The molecule has 3 nitrogen and oxygen atoms in total. The van der Waals surface area contributed by atoms with E-state index in [1.807, 2.05) is 66.7 Å². The second-order valence-corrected chi connectivity index (χ2v) is 8.71. The summed E-state index contributed by atoms with van der Waals surface area (Å²) in [5.74, 6) is -0.636. The highest BCUT2D eigenvalue weighted by Gasteiger charge is 2.40. The lowest BCUT2D eigenvalue weighted by molar-refractivity contribution is -0.117. The van der Waals surface area contributed by atoms with Crippen LogP contribution in [0.3, 0.4) is 0 Å². The minimum atomic E-state index is -1.47. The summed E-state index contributed by atoms with van der Waals surface area (Å²) >= 11 is 10.5. The molecule has 0 fully saturated rings. The van der Waals surface area contributed by atoms with Crippen LogP contribution in [0.1, 0.15) is 27.0 Å². The van der Waals surface area contributed by atoms with Crippen LogP contribution < -0.4 is 5.32 Å². The lowest BCUT2D eigenvalue weighted by Crippen LogP contribution is -2.37. The van der Waals surface area contributed by atoms with Gasteiger partial charge in [-0.1, -0.05) is 119 Å². The first-order valence-corrected chi connectivity index (χ1v) is 11.2. The topological polar surface area (TPSA) is 46.2 Å². The number of amides is 1. The highest BCUT2D eigenvalue weighted by atomic mass is 79.9. The minimum Gasteiger partial charge on any atom is -0.323 e. The Bertz CT molecular complexity index is 1210. The minimum absolute atomic E-state index is 0.193. The van der Waals surface area contributed by atoms with Gasteiger partial charge in [-0.2, -0.15) is 0 Å². The Morgan fingerprint density at radius 1 is 0.719 bits per heavy atom. The van der Waals surface area contributed by atoms with Gasteiger partial charge in [-0.15, -0.1) is 0 Å². The predicted octanol–water partition coefficient (Wildman–Crippen LogP) is 6.80. The van der Waals surface area contributed by atoms with Crippen molar-refractivity contribution in [1.82, 2.24) is 0 Å². The van der Waals surface area contributed by atoms with Gasteiger partial charge in [0.1, 0.15) is 0 Å². The van der Waals surface area contributed by atoms with Gasteiger partial charge < -0.3 is 5.32 Å². The molecule has 0 aliphatic rings. The van der Waals surface area contributed by atoms with Crippen LogP contribution in [0.25, 0.3) is 0 Å². The molecule has 0 atom stereocenters. The van der Waals surface area contributed by atoms with Gasteiger partial charge in [0.2, 0.25) is 0 Å². The molecule has 1 amide bonds. The second kappa shape index (κ2) is 9.51. The highest BCUT2D eigenvalue weighted by Crippen LogP contribution is 2.38. The van der Waals surface area contributed by atoms with Crippen molar-refractivity contribution >= 4 is 44.9 Å². The maximum Gasteiger partial charge on any atom is 0.254 e. The molecule has 0 saturated carbocycles. The van der Waals surface area contributed by atoms with Gasteiger partial charge in [0.05, 0.1) is 5.69 Å². The molecule has 0 radical (unpaired) electrons. The van der Waals surface area contributed by atoms with Crippen molar-refractivity contribution in [2.45, 2.75) is 4.87 Å². The van der Waals surface area contributed by atoms with Gasteiger partial charge >= 0.3 is 0 Å². The van der Waals surface area contributed by atoms with Crippen molar-refractivity contribution in [3.8, 4) is 0 Å². The molecule has 32 heavy (non-hydrogen) atoms. The van der Waals surface area contributed by atoms with Crippen LogP contribution in [-0.2, 0) is 9.67 Å². The molecule has 0 aliphatic heterocycles. The van der Waals surface area contributed by atoms with Crippen LogP contribution >= 0.6 is 27.5 Å². The Morgan fingerprint density at radius 3 is 1.75 bits per heavy atom. The normalized spacial score (nSPS) is 11.1. The zero-order valence-electron chi connectivity index (χ0n) is 17.0. The average molecular weight is 505 g/mol. The van der Waals surface area contributed by atoms with E-state index in [0.717, 1.165) is 4.47 Å². The molecular formula is C27H19BrClNO2. The summed E-state index contributed by atoms with van der Waals surface area (Å²) < 4.78 is 0.734. The third kappa shape index (κ3) is 4.38. The third-order valence-electron chi connectivity index (χ3n) is 5.17. The number of rotatable bonds is 6. The molecule has 1 N–H and O–H groups in total. The third-order valence-corrected chi connectivity index (χ3v) is 6.27. The van der Waals surface area contributed by atoms with Crippen LogP contribution in [0.2, 0.25) is 0 Å². The first-order valence-electron chi connectivity index (χ1n) is 10.0. The number of hydrogen-bond donors (Lipinski definition) is 1. The van der Waals surface area contributed by atoms with Crippen LogP contribution in [0.5, 0.6) is 0 Å². The van der Waals surface area contributed by atoms with Crippen molar-refractivity contribution in [2.24, 2.45) is 0 Å². The van der Waals surface area contributed by atoms with E-state index in [1.54, 1.807) is 42.5 Å². The quantitative estimate of drug-likeness (QED) is 0.232. The van der Waals surface area contributed by atoms with E-state index in [1.165, 1.54) is 0 Å². The van der Waals surface area contributed by atoms with Crippen LogP contribution in [-0.4, -0.2) is 11.7 Å². The molecule has 158 valence electrons. The van der Waals surface area contributed by atoms with Crippen molar-refractivity contribution < 1.29 is 9.59 Å². The summed E-state index contributed by atoms with van der Waals surface area (Å²) in [4.78, 5) is 25.4. The lowest BCUT2D eigenvalue weighted by atomic mass is 9.89. The summed E-state index contributed by atoms with van der Waals surface area (Å²) in [7, 11) is 0. The summed E-state index contributed by atoms with van der Waals surface area (Å²) in [6.45, 7) is 0. The van der Waals surface area contributed by atoms with E-state index in [9.17, 15) is 9.59 Å². The molecule has 4 aromatic rings. The first-order chi connectivity index (χ1) is 15.5. The fraction of sp³-hybridized carbons (Fsp3) is 0.0370. The Labute approximate surface area is 200 Å². The van der Waals surface area contributed by atoms with Gasteiger partial charge in [0, 0.05) is 15.6 Å². The highest BCUT2D eigenvalue weighted by molar-refractivity contribution is 9.10. The summed E-state index contributed by atoms with van der Waals surface area (Å²) in [5.41, 5.74) is 2.57. The number of carbonyl (C=O) groups is 2. The van der Waals surface area contributed by atoms with Gasteiger partial charge in [0.25, 0.3) is 5.91 Å². The lowest BCUT2D eigenvalue weighted by Gasteiger charge is -2.27. The number of hydrogen-bond acceptors (Lipinski definition) is 2. The fourth-order valence-electron chi connectivity index (χ4n) is 3.53. The Balaban J connectivity index is 1.76.